The minimum atomic E-state index is 0.258. The van der Waals surface area contributed by atoms with Gasteiger partial charge in [0, 0.05) is 43.2 Å². The van der Waals surface area contributed by atoms with Crippen molar-refractivity contribution in [3.05, 3.63) is 36.9 Å². The first-order valence-corrected chi connectivity index (χ1v) is 8.93. The average Bonchev–Trinajstić information content (AvgIpc) is 3.41. The van der Waals surface area contributed by atoms with Gasteiger partial charge < -0.3 is 9.64 Å². The van der Waals surface area contributed by atoms with E-state index in [9.17, 15) is 0 Å². The molecule has 1 aliphatic rings. The number of hydrogen-bond acceptors (Lipinski definition) is 6. The summed E-state index contributed by atoms with van der Waals surface area (Å²) in [6.07, 6.45) is 7.26. The molecule has 4 aromatic heterocycles. The Labute approximate surface area is 155 Å². The van der Waals surface area contributed by atoms with Crippen molar-refractivity contribution in [1.82, 2.24) is 34.6 Å². The van der Waals surface area contributed by atoms with Crippen molar-refractivity contribution in [2.24, 2.45) is 7.05 Å². The van der Waals surface area contributed by atoms with Gasteiger partial charge in [0.2, 0.25) is 0 Å². The number of morpholine rings is 1. The molecule has 0 spiro atoms. The molecule has 1 aliphatic heterocycles. The van der Waals surface area contributed by atoms with Crippen molar-refractivity contribution in [1.29, 1.82) is 0 Å². The van der Waals surface area contributed by atoms with Crippen LogP contribution < -0.4 is 4.90 Å². The fourth-order valence-electron chi connectivity index (χ4n) is 3.57. The van der Waals surface area contributed by atoms with Gasteiger partial charge in [0.05, 0.1) is 43.0 Å². The van der Waals surface area contributed by atoms with E-state index in [0.29, 0.717) is 13.2 Å². The molecule has 27 heavy (non-hydrogen) atoms. The lowest BCUT2D eigenvalue weighted by atomic mass is 10.2. The van der Waals surface area contributed by atoms with Crippen LogP contribution in [0.25, 0.3) is 28.2 Å². The molecular formula is C18H20N8O. The summed E-state index contributed by atoms with van der Waals surface area (Å²) in [5.41, 5.74) is 4.62. The number of nitrogens with one attached hydrogen (secondary N) is 1. The van der Waals surface area contributed by atoms with Gasteiger partial charge in [-0.25, -0.2) is 9.50 Å². The first-order chi connectivity index (χ1) is 13.2. The predicted molar refractivity (Wildman–Crippen MR) is 100 cm³/mol. The third kappa shape index (κ3) is 2.58. The van der Waals surface area contributed by atoms with Crippen LogP contribution in [0.2, 0.25) is 0 Å². The van der Waals surface area contributed by atoms with Crippen LogP contribution in [0.3, 0.4) is 0 Å². The number of aromatic nitrogens is 7. The van der Waals surface area contributed by atoms with Gasteiger partial charge in [-0.2, -0.15) is 15.3 Å². The SMILES string of the molecule is C[C@@H]1COCCN1c1cc(-c2ccnn2C)n2ncc(-c3cn[nH]c3)c2n1. The van der Waals surface area contributed by atoms with Crippen molar-refractivity contribution in [2.45, 2.75) is 13.0 Å². The molecule has 1 saturated heterocycles. The molecule has 5 heterocycles. The Morgan fingerprint density at radius 3 is 2.89 bits per heavy atom. The summed E-state index contributed by atoms with van der Waals surface area (Å²) in [6, 6.07) is 4.33. The molecule has 4 aromatic rings. The number of anilines is 1. The molecule has 0 radical (unpaired) electrons. The third-order valence-corrected chi connectivity index (χ3v) is 5.01. The highest BCUT2D eigenvalue weighted by Gasteiger charge is 2.24. The van der Waals surface area contributed by atoms with Gasteiger partial charge >= 0.3 is 0 Å². The van der Waals surface area contributed by atoms with Gasteiger partial charge in [0.1, 0.15) is 5.82 Å². The molecule has 0 amide bonds. The summed E-state index contributed by atoms with van der Waals surface area (Å²) >= 11 is 0. The highest BCUT2D eigenvalue weighted by atomic mass is 16.5. The van der Waals surface area contributed by atoms with Crippen molar-refractivity contribution >= 4 is 11.5 Å². The fourth-order valence-corrected chi connectivity index (χ4v) is 3.57. The van der Waals surface area contributed by atoms with Crippen LogP contribution in [0.4, 0.5) is 5.82 Å². The molecular weight excluding hydrogens is 344 g/mol. The molecule has 0 unspecified atom stereocenters. The van der Waals surface area contributed by atoms with Crippen molar-refractivity contribution in [2.75, 3.05) is 24.7 Å². The van der Waals surface area contributed by atoms with E-state index in [2.05, 4.69) is 38.3 Å². The lowest BCUT2D eigenvalue weighted by molar-refractivity contribution is 0.0985. The lowest BCUT2D eigenvalue weighted by Crippen LogP contribution is -2.44. The van der Waals surface area contributed by atoms with Crippen LogP contribution in [0.15, 0.2) is 36.9 Å². The number of ether oxygens (including phenoxy) is 1. The summed E-state index contributed by atoms with van der Waals surface area (Å²) in [5.74, 6) is 0.916. The minimum absolute atomic E-state index is 0.258. The molecule has 9 nitrogen and oxygen atoms in total. The monoisotopic (exact) mass is 364 g/mol. The van der Waals surface area contributed by atoms with Crippen molar-refractivity contribution < 1.29 is 4.74 Å². The maximum Gasteiger partial charge on any atom is 0.166 e. The molecule has 138 valence electrons. The molecule has 0 aromatic carbocycles. The summed E-state index contributed by atoms with van der Waals surface area (Å²) in [7, 11) is 1.93. The Morgan fingerprint density at radius 2 is 2.15 bits per heavy atom. The van der Waals surface area contributed by atoms with E-state index in [1.54, 1.807) is 12.4 Å². The summed E-state index contributed by atoms with van der Waals surface area (Å²) in [5, 5.41) is 15.9. The molecule has 0 bridgehead atoms. The van der Waals surface area contributed by atoms with Gasteiger partial charge in [-0.3, -0.25) is 9.78 Å². The van der Waals surface area contributed by atoms with E-state index >= 15 is 0 Å². The quantitative estimate of drug-likeness (QED) is 0.596. The standard InChI is InChI=1S/C18H20N8O/c1-12-11-27-6-5-25(12)17-7-16(15-3-4-21-24(15)2)26-18(23-17)14(10-22-26)13-8-19-20-9-13/h3-4,7-10,12H,5-6,11H2,1-2H3,(H,19,20)/t12-/m1/s1. The molecule has 9 heteroatoms. The van der Waals surface area contributed by atoms with Gasteiger partial charge in [0.15, 0.2) is 5.65 Å². The van der Waals surface area contributed by atoms with Gasteiger partial charge in [-0.05, 0) is 13.0 Å². The Bertz CT molecular complexity index is 1080. The second kappa shape index (κ2) is 6.20. The Balaban J connectivity index is 1.76. The number of nitrogens with zero attached hydrogens (tertiary/aromatic N) is 7. The highest BCUT2D eigenvalue weighted by Crippen LogP contribution is 2.30. The maximum atomic E-state index is 5.60. The highest BCUT2D eigenvalue weighted by molar-refractivity contribution is 5.79. The zero-order chi connectivity index (χ0) is 18.4. The van der Waals surface area contributed by atoms with Gasteiger partial charge in [0.25, 0.3) is 0 Å². The molecule has 1 N–H and O–H groups in total. The average molecular weight is 364 g/mol. The molecule has 1 atom stereocenters. The van der Waals surface area contributed by atoms with E-state index < -0.39 is 0 Å². The number of rotatable bonds is 3. The van der Waals surface area contributed by atoms with E-state index in [1.165, 1.54) is 0 Å². The lowest BCUT2D eigenvalue weighted by Gasteiger charge is -2.34. The molecule has 0 aliphatic carbocycles. The zero-order valence-electron chi connectivity index (χ0n) is 15.2. The molecule has 5 rings (SSSR count). The number of hydrogen-bond donors (Lipinski definition) is 1. The first kappa shape index (κ1) is 16.0. The zero-order valence-corrected chi connectivity index (χ0v) is 15.2. The second-order valence-corrected chi connectivity index (χ2v) is 6.74. The Kier molecular flexibility index (Phi) is 3.68. The van der Waals surface area contributed by atoms with Crippen LogP contribution in [0, 0.1) is 0 Å². The smallest absolute Gasteiger partial charge is 0.166 e. The second-order valence-electron chi connectivity index (χ2n) is 6.74. The van der Waals surface area contributed by atoms with Crippen LogP contribution in [0.1, 0.15) is 6.92 Å². The number of fused-ring (bicyclic) bond motifs is 1. The number of H-pyrrole nitrogens is 1. The van der Waals surface area contributed by atoms with E-state index in [1.807, 2.05) is 34.7 Å². The normalized spacial score (nSPS) is 17.7. The first-order valence-electron chi connectivity index (χ1n) is 8.93. The summed E-state index contributed by atoms with van der Waals surface area (Å²) in [6.45, 7) is 4.36. The van der Waals surface area contributed by atoms with Crippen LogP contribution in [-0.4, -0.2) is 60.4 Å². The maximum absolute atomic E-state index is 5.60. The largest absolute Gasteiger partial charge is 0.377 e. The predicted octanol–water partition coefficient (Wildman–Crippen LogP) is 1.74. The topological polar surface area (TPSA) is 89.2 Å². The van der Waals surface area contributed by atoms with Crippen LogP contribution in [-0.2, 0) is 11.8 Å². The molecule has 1 fully saturated rings. The summed E-state index contributed by atoms with van der Waals surface area (Å²) < 4.78 is 9.31. The van der Waals surface area contributed by atoms with Gasteiger partial charge in [-0.1, -0.05) is 0 Å². The fraction of sp³-hybridized carbons (Fsp3) is 0.333. The van der Waals surface area contributed by atoms with E-state index in [4.69, 9.17) is 9.72 Å². The van der Waals surface area contributed by atoms with Crippen LogP contribution >= 0.6 is 0 Å². The van der Waals surface area contributed by atoms with E-state index in [-0.39, 0.29) is 6.04 Å². The van der Waals surface area contributed by atoms with Gasteiger partial charge in [-0.15, -0.1) is 0 Å². The number of aromatic amines is 1. The molecule has 0 saturated carbocycles. The van der Waals surface area contributed by atoms with Crippen molar-refractivity contribution in [3.8, 4) is 22.5 Å². The third-order valence-electron chi connectivity index (χ3n) is 5.01. The number of aryl methyl sites for hydroxylation is 1. The van der Waals surface area contributed by atoms with Crippen molar-refractivity contribution in [3.63, 3.8) is 0 Å². The summed E-state index contributed by atoms with van der Waals surface area (Å²) in [4.78, 5) is 7.25. The Morgan fingerprint density at radius 1 is 1.22 bits per heavy atom. The minimum Gasteiger partial charge on any atom is -0.377 e. The Hall–Kier alpha value is -3.20. The van der Waals surface area contributed by atoms with Crippen LogP contribution in [0.5, 0.6) is 0 Å². The van der Waals surface area contributed by atoms with E-state index in [0.717, 1.165) is 40.5 Å².